The molecule has 0 bridgehead atoms. The van der Waals surface area contributed by atoms with E-state index in [4.69, 9.17) is 10.6 Å². The van der Waals surface area contributed by atoms with Crippen molar-refractivity contribution in [2.45, 2.75) is 33.2 Å². The van der Waals surface area contributed by atoms with Crippen LogP contribution < -0.4 is 16.0 Å². The third kappa shape index (κ3) is 3.63. The SMILES string of the molecule is COc1ccc(C)cc1C(Cc1ccc(C)c(C)c1)NN. The molecule has 0 aliphatic carbocycles. The molecule has 0 fully saturated rings. The van der Waals surface area contributed by atoms with E-state index in [1.165, 1.54) is 22.3 Å². The number of hydrogen-bond donors (Lipinski definition) is 2. The van der Waals surface area contributed by atoms with E-state index in [-0.39, 0.29) is 6.04 Å². The van der Waals surface area contributed by atoms with Gasteiger partial charge < -0.3 is 4.74 Å². The van der Waals surface area contributed by atoms with Gasteiger partial charge in [-0.05, 0) is 49.9 Å². The Morgan fingerprint density at radius 1 is 1.05 bits per heavy atom. The van der Waals surface area contributed by atoms with Crippen LogP contribution in [0.4, 0.5) is 0 Å². The molecule has 3 heteroatoms. The Morgan fingerprint density at radius 2 is 1.81 bits per heavy atom. The summed E-state index contributed by atoms with van der Waals surface area (Å²) in [5, 5.41) is 0. The molecule has 0 aliphatic heterocycles. The molecule has 21 heavy (non-hydrogen) atoms. The standard InChI is InChI=1S/C18H24N2O/c1-12-5-8-18(21-4)16(9-12)17(20-19)11-15-7-6-13(2)14(3)10-15/h5-10,17,20H,11,19H2,1-4H3. The van der Waals surface area contributed by atoms with E-state index in [1.807, 2.05) is 12.1 Å². The molecule has 0 aromatic heterocycles. The predicted octanol–water partition coefficient (Wildman–Crippen LogP) is 3.37. The number of ether oxygens (including phenoxy) is 1. The van der Waals surface area contributed by atoms with Crippen LogP contribution in [-0.2, 0) is 6.42 Å². The minimum Gasteiger partial charge on any atom is -0.496 e. The van der Waals surface area contributed by atoms with Crippen LogP contribution in [0.1, 0.15) is 33.9 Å². The van der Waals surface area contributed by atoms with Gasteiger partial charge >= 0.3 is 0 Å². The van der Waals surface area contributed by atoms with E-state index < -0.39 is 0 Å². The molecule has 2 aromatic carbocycles. The number of methoxy groups -OCH3 is 1. The number of benzene rings is 2. The van der Waals surface area contributed by atoms with Crippen LogP contribution >= 0.6 is 0 Å². The van der Waals surface area contributed by atoms with Crippen LogP contribution in [-0.4, -0.2) is 7.11 Å². The Hall–Kier alpha value is -1.84. The minimum atomic E-state index is 0.0296. The van der Waals surface area contributed by atoms with Crippen molar-refractivity contribution in [2.24, 2.45) is 5.84 Å². The first-order chi connectivity index (χ1) is 10.0. The Kier molecular flexibility index (Phi) is 4.99. The summed E-state index contributed by atoms with van der Waals surface area (Å²) >= 11 is 0. The van der Waals surface area contributed by atoms with Crippen molar-refractivity contribution in [2.75, 3.05) is 7.11 Å². The molecule has 0 heterocycles. The Labute approximate surface area is 127 Å². The second-order valence-electron chi connectivity index (χ2n) is 5.59. The minimum absolute atomic E-state index is 0.0296. The molecule has 0 aliphatic rings. The van der Waals surface area contributed by atoms with Crippen LogP contribution in [0.25, 0.3) is 0 Å². The molecule has 0 radical (unpaired) electrons. The zero-order valence-electron chi connectivity index (χ0n) is 13.2. The van der Waals surface area contributed by atoms with Gasteiger partial charge in [0.05, 0.1) is 13.2 Å². The zero-order chi connectivity index (χ0) is 15.4. The molecular formula is C18H24N2O. The topological polar surface area (TPSA) is 47.3 Å². The number of rotatable bonds is 5. The number of aryl methyl sites for hydroxylation is 3. The van der Waals surface area contributed by atoms with Crippen molar-refractivity contribution in [3.05, 3.63) is 64.2 Å². The highest BCUT2D eigenvalue weighted by molar-refractivity contribution is 5.40. The molecule has 0 saturated heterocycles. The van der Waals surface area contributed by atoms with E-state index in [2.05, 4.69) is 50.5 Å². The number of hydrazine groups is 1. The summed E-state index contributed by atoms with van der Waals surface area (Å²) in [7, 11) is 1.69. The molecule has 2 rings (SSSR count). The monoisotopic (exact) mass is 284 g/mol. The highest BCUT2D eigenvalue weighted by Crippen LogP contribution is 2.28. The van der Waals surface area contributed by atoms with Crippen molar-refractivity contribution in [3.8, 4) is 5.75 Å². The van der Waals surface area contributed by atoms with Crippen molar-refractivity contribution in [1.29, 1.82) is 0 Å². The second kappa shape index (κ2) is 6.74. The maximum Gasteiger partial charge on any atom is 0.123 e. The van der Waals surface area contributed by atoms with E-state index >= 15 is 0 Å². The fourth-order valence-corrected chi connectivity index (χ4v) is 2.55. The molecule has 112 valence electrons. The molecule has 3 N–H and O–H groups in total. The lowest BCUT2D eigenvalue weighted by Gasteiger charge is -2.20. The lowest BCUT2D eigenvalue weighted by atomic mass is 9.95. The van der Waals surface area contributed by atoms with E-state index in [1.54, 1.807) is 7.11 Å². The number of nitrogens with one attached hydrogen (secondary N) is 1. The lowest BCUT2D eigenvalue weighted by molar-refractivity contribution is 0.399. The first-order valence-electron chi connectivity index (χ1n) is 7.22. The van der Waals surface area contributed by atoms with E-state index in [0.29, 0.717) is 0 Å². The largest absolute Gasteiger partial charge is 0.496 e. The van der Waals surface area contributed by atoms with Gasteiger partial charge in [0, 0.05) is 5.56 Å². The summed E-state index contributed by atoms with van der Waals surface area (Å²) in [6.07, 6.45) is 0.831. The summed E-state index contributed by atoms with van der Waals surface area (Å²) in [5.41, 5.74) is 9.10. The molecule has 1 atom stereocenters. The van der Waals surface area contributed by atoms with E-state index in [9.17, 15) is 0 Å². The van der Waals surface area contributed by atoms with Crippen molar-refractivity contribution < 1.29 is 4.74 Å². The summed E-state index contributed by atoms with van der Waals surface area (Å²) in [6, 6.07) is 12.7. The van der Waals surface area contributed by atoms with Crippen molar-refractivity contribution in [1.82, 2.24) is 5.43 Å². The summed E-state index contributed by atoms with van der Waals surface area (Å²) < 4.78 is 5.47. The Balaban J connectivity index is 2.31. The molecule has 0 saturated carbocycles. The van der Waals surface area contributed by atoms with Gasteiger partial charge in [0.1, 0.15) is 5.75 Å². The third-order valence-corrected chi connectivity index (χ3v) is 3.97. The summed E-state index contributed by atoms with van der Waals surface area (Å²) in [4.78, 5) is 0. The summed E-state index contributed by atoms with van der Waals surface area (Å²) in [5.74, 6) is 6.66. The molecule has 0 amide bonds. The average Bonchev–Trinajstić information content (AvgIpc) is 2.48. The first kappa shape index (κ1) is 15.5. The number of nitrogens with two attached hydrogens (primary N) is 1. The van der Waals surface area contributed by atoms with Crippen LogP contribution in [0.5, 0.6) is 5.75 Å². The first-order valence-corrected chi connectivity index (χ1v) is 7.22. The fourth-order valence-electron chi connectivity index (χ4n) is 2.55. The van der Waals surface area contributed by atoms with Gasteiger partial charge in [0.25, 0.3) is 0 Å². The van der Waals surface area contributed by atoms with Crippen molar-refractivity contribution >= 4 is 0 Å². The summed E-state index contributed by atoms with van der Waals surface area (Å²) in [6.45, 7) is 6.34. The predicted molar refractivity (Wildman–Crippen MR) is 87.4 cm³/mol. The Bertz CT molecular complexity index is 623. The highest BCUT2D eigenvalue weighted by Gasteiger charge is 2.16. The fraction of sp³-hybridized carbons (Fsp3) is 0.333. The second-order valence-corrected chi connectivity index (χ2v) is 5.59. The van der Waals surface area contributed by atoms with Gasteiger partial charge in [-0.1, -0.05) is 35.9 Å². The van der Waals surface area contributed by atoms with Gasteiger partial charge in [0.15, 0.2) is 0 Å². The Morgan fingerprint density at radius 3 is 2.43 bits per heavy atom. The van der Waals surface area contributed by atoms with Crippen LogP contribution in [0, 0.1) is 20.8 Å². The van der Waals surface area contributed by atoms with E-state index in [0.717, 1.165) is 17.7 Å². The van der Waals surface area contributed by atoms with Gasteiger partial charge in [-0.15, -0.1) is 0 Å². The van der Waals surface area contributed by atoms with Gasteiger partial charge in [-0.2, -0.15) is 0 Å². The van der Waals surface area contributed by atoms with Gasteiger partial charge in [-0.25, -0.2) is 0 Å². The van der Waals surface area contributed by atoms with Gasteiger partial charge in [-0.3, -0.25) is 11.3 Å². The van der Waals surface area contributed by atoms with Gasteiger partial charge in [0.2, 0.25) is 0 Å². The third-order valence-electron chi connectivity index (χ3n) is 3.97. The van der Waals surface area contributed by atoms with Crippen LogP contribution in [0.2, 0.25) is 0 Å². The maximum atomic E-state index is 5.79. The van der Waals surface area contributed by atoms with Crippen LogP contribution in [0.15, 0.2) is 36.4 Å². The quantitative estimate of drug-likeness (QED) is 0.653. The lowest BCUT2D eigenvalue weighted by Crippen LogP contribution is -2.30. The number of hydrogen-bond acceptors (Lipinski definition) is 3. The highest BCUT2D eigenvalue weighted by atomic mass is 16.5. The molecule has 1 unspecified atom stereocenters. The maximum absolute atomic E-state index is 5.79. The molecule has 0 spiro atoms. The molecule has 2 aromatic rings. The molecule has 3 nitrogen and oxygen atoms in total. The van der Waals surface area contributed by atoms with Crippen LogP contribution in [0.3, 0.4) is 0 Å². The van der Waals surface area contributed by atoms with Crippen molar-refractivity contribution in [3.63, 3.8) is 0 Å². The average molecular weight is 284 g/mol. The molecular weight excluding hydrogens is 260 g/mol. The zero-order valence-corrected chi connectivity index (χ0v) is 13.2. The smallest absolute Gasteiger partial charge is 0.123 e. The normalized spacial score (nSPS) is 12.2.